The summed E-state index contributed by atoms with van der Waals surface area (Å²) >= 11 is 0. The summed E-state index contributed by atoms with van der Waals surface area (Å²) in [5.74, 6) is 1.86. The molecular weight excluding hydrogens is 314 g/mol. The number of piperidine rings is 1. The first kappa shape index (κ1) is 18.7. The zero-order valence-electron chi connectivity index (χ0n) is 16.5. The molecule has 3 fully saturated rings. The third-order valence-electron chi connectivity index (χ3n) is 6.13. The van der Waals surface area contributed by atoms with Gasteiger partial charge in [0.25, 0.3) is 0 Å². The summed E-state index contributed by atoms with van der Waals surface area (Å²) in [6, 6.07) is 0.145. The lowest BCUT2D eigenvalue weighted by Crippen LogP contribution is -2.58. The maximum absolute atomic E-state index is 12.7. The van der Waals surface area contributed by atoms with Crippen LogP contribution in [-0.4, -0.2) is 46.9 Å². The molecule has 5 nitrogen and oxygen atoms in total. The van der Waals surface area contributed by atoms with E-state index in [-0.39, 0.29) is 28.9 Å². The molecule has 5 heteroatoms. The lowest BCUT2D eigenvalue weighted by atomic mass is 9.74. The molecule has 0 radical (unpaired) electrons. The van der Waals surface area contributed by atoms with Crippen LogP contribution in [0.25, 0.3) is 0 Å². The van der Waals surface area contributed by atoms with Crippen molar-refractivity contribution >= 4 is 11.8 Å². The molecular formula is C20H35N3O2. The summed E-state index contributed by atoms with van der Waals surface area (Å²) in [4.78, 5) is 26.4. The van der Waals surface area contributed by atoms with E-state index in [4.69, 9.17) is 0 Å². The van der Waals surface area contributed by atoms with Gasteiger partial charge in [-0.15, -0.1) is 0 Å². The Kier molecular flexibility index (Phi) is 4.91. The summed E-state index contributed by atoms with van der Waals surface area (Å²) in [6.07, 6.45) is 5.15. The highest BCUT2D eigenvalue weighted by Gasteiger charge is 2.44. The van der Waals surface area contributed by atoms with E-state index in [0.717, 1.165) is 19.4 Å². The molecule has 2 aliphatic heterocycles. The molecule has 2 saturated heterocycles. The molecule has 2 N–H and O–H groups in total. The summed E-state index contributed by atoms with van der Waals surface area (Å²) in [7, 11) is 0. The fourth-order valence-corrected chi connectivity index (χ4v) is 5.45. The third kappa shape index (κ3) is 4.75. The predicted octanol–water partition coefficient (Wildman–Crippen LogP) is 2.31. The van der Waals surface area contributed by atoms with Crippen molar-refractivity contribution in [1.82, 2.24) is 15.5 Å². The van der Waals surface area contributed by atoms with Gasteiger partial charge in [-0.3, -0.25) is 9.59 Å². The molecule has 1 aliphatic carbocycles. The number of rotatable bonds is 4. The van der Waals surface area contributed by atoms with Gasteiger partial charge in [-0.2, -0.15) is 0 Å². The Morgan fingerprint density at radius 3 is 2.20 bits per heavy atom. The van der Waals surface area contributed by atoms with Crippen molar-refractivity contribution in [2.45, 2.75) is 83.8 Å². The van der Waals surface area contributed by atoms with Gasteiger partial charge in [-0.25, -0.2) is 0 Å². The molecule has 0 unspecified atom stereocenters. The van der Waals surface area contributed by atoms with E-state index in [2.05, 4.69) is 38.3 Å². The van der Waals surface area contributed by atoms with Crippen LogP contribution in [0.3, 0.4) is 0 Å². The second-order valence-electron chi connectivity index (χ2n) is 9.97. The molecule has 2 amide bonds. The van der Waals surface area contributed by atoms with Gasteiger partial charge in [0.1, 0.15) is 0 Å². The number of hydrogen-bond donors (Lipinski definition) is 2. The smallest absolute Gasteiger partial charge is 0.220 e. The molecule has 0 aromatic rings. The molecule has 142 valence electrons. The largest absolute Gasteiger partial charge is 0.351 e. The molecule has 0 spiro atoms. The van der Waals surface area contributed by atoms with Crippen LogP contribution in [0.2, 0.25) is 0 Å². The van der Waals surface area contributed by atoms with Crippen molar-refractivity contribution in [2.24, 2.45) is 17.8 Å². The van der Waals surface area contributed by atoms with Crippen molar-refractivity contribution < 1.29 is 9.59 Å². The van der Waals surface area contributed by atoms with Crippen LogP contribution in [0.4, 0.5) is 0 Å². The first-order chi connectivity index (χ1) is 11.5. The van der Waals surface area contributed by atoms with E-state index in [0.29, 0.717) is 30.7 Å². The van der Waals surface area contributed by atoms with Crippen LogP contribution < -0.4 is 10.6 Å². The first-order valence-electron chi connectivity index (χ1n) is 9.89. The van der Waals surface area contributed by atoms with Gasteiger partial charge in [-0.05, 0) is 65.2 Å². The molecule has 1 saturated carbocycles. The lowest BCUT2D eigenvalue weighted by Gasteiger charge is -2.46. The average molecular weight is 350 g/mol. The van der Waals surface area contributed by atoms with Crippen LogP contribution in [0.5, 0.6) is 0 Å². The van der Waals surface area contributed by atoms with E-state index in [1.54, 1.807) is 6.92 Å². The Bertz CT molecular complexity index is 523. The molecule has 3 aliphatic rings. The van der Waals surface area contributed by atoms with E-state index in [1.807, 2.05) is 4.90 Å². The van der Waals surface area contributed by atoms with Crippen LogP contribution in [-0.2, 0) is 9.59 Å². The van der Waals surface area contributed by atoms with Crippen LogP contribution in [0.15, 0.2) is 0 Å². The van der Waals surface area contributed by atoms with Gasteiger partial charge in [0.15, 0.2) is 0 Å². The van der Waals surface area contributed by atoms with Gasteiger partial charge in [0.05, 0.1) is 6.04 Å². The van der Waals surface area contributed by atoms with Gasteiger partial charge < -0.3 is 15.5 Å². The summed E-state index contributed by atoms with van der Waals surface area (Å²) in [5, 5.41) is 6.96. The van der Waals surface area contributed by atoms with E-state index >= 15 is 0 Å². The zero-order chi connectivity index (χ0) is 18.4. The molecule has 2 heterocycles. The fraction of sp³-hybridized carbons (Fsp3) is 0.900. The van der Waals surface area contributed by atoms with Gasteiger partial charge in [-0.1, -0.05) is 0 Å². The Labute approximate surface area is 152 Å². The topological polar surface area (TPSA) is 61.4 Å². The fourth-order valence-electron chi connectivity index (χ4n) is 5.45. The third-order valence-corrected chi connectivity index (χ3v) is 6.13. The SMILES string of the molecule is CC(=O)N1C[C@H](NC(=O)CC2CC(C)(C)NC(C)(C)C2)[C@@H](C2CC2)C1. The number of carbonyl (C=O) groups excluding carboxylic acids is 2. The maximum Gasteiger partial charge on any atom is 0.220 e. The molecule has 3 rings (SSSR count). The van der Waals surface area contributed by atoms with Gasteiger partial charge in [0, 0.05) is 43.4 Å². The first-order valence-corrected chi connectivity index (χ1v) is 9.89. The van der Waals surface area contributed by atoms with Crippen LogP contribution in [0.1, 0.15) is 66.7 Å². The minimum absolute atomic E-state index is 0.0715. The number of likely N-dealkylation sites (tertiary alicyclic amines) is 1. The van der Waals surface area contributed by atoms with Gasteiger partial charge >= 0.3 is 0 Å². The number of carbonyl (C=O) groups is 2. The highest BCUT2D eigenvalue weighted by Crippen LogP contribution is 2.41. The van der Waals surface area contributed by atoms with Crippen LogP contribution >= 0.6 is 0 Å². The summed E-state index contributed by atoms with van der Waals surface area (Å²) in [6.45, 7) is 12.0. The number of amides is 2. The minimum atomic E-state index is 0.0715. The van der Waals surface area contributed by atoms with Crippen molar-refractivity contribution in [3.05, 3.63) is 0 Å². The van der Waals surface area contributed by atoms with Crippen molar-refractivity contribution in [3.8, 4) is 0 Å². The molecule has 2 atom stereocenters. The highest BCUT2D eigenvalue weighted by molar-refractivity contribution is 5.77. The summed E-state index contributed by atoms with van der Waals surface area (Å²) in [5.41, 5.74) is 0.143. The number of nitrogens with one attached hydrogen (secondary N) is 2. The second-order valence-corrected chi connectivity index (χ2v) is 9.97. The zero-order valence-corrected chi connectivity index (χ0v) is 16.5. The predicted molar refractivity (Wildman–Crippen MR) is 99.0 cm³/mol. The number of hydrogen-bond acceptors (Lipinski definition) is 3. The quantitative estimate of drug-likeness (QED) is 0.819. The molecule has 0 aromatic heterocycles. The Hall–Kier alpha value is -1.10. The second kappa shape index (κ2) is 6.57. The Morgan fingerprint density at radius 2 is 1.68 bits per heavy atom. The lowest BCUT2D eigenvalue weighted by molar-refractivity contribution is -0.128. The highest BCUT2D eigenvalue weighted by atomic mass is 16.2. The van der Waals surface area contributed by atoms with E-state index in [9.17, 15) is 9.59 Å². The van der Waals surface area contributed by atoms with Gasteiger partial charge in [0.2, 0.25) is 11.8 Å². The standard InChI is InChI=1S/C20H35N3O2/c1-13(24)23-11-16(15-6-7-15)17(12-23)21-18(25)8-14-9-19(2,3)22-20(4,5)10-14/h14-17,22H,6-12H2,1-5H3,(H,21,25)/t16-,17+/m1/s1. The maximum atomic E-state index is 12.7. The van der Waals surface area contributed by atoms with Crippen molar-refractivity contribution in [3.63, 3.8) is 0 Å². The number of nitrogens with zero attached hydrogens (tertiary/aromatic N) is 1. The van der Waals surface area contributed by atoms with Crippen molar-refractivity contribution in [1.29, 1.82) is 0 Å². The summed E-state index contributed by atoms with van der Waals surface area (Å²) < 4.78 is 0. The van der Waals surface area contributed by atoms with Crippen LogP contribution in [0, 0.1) is 17.8 Å². The van der Waals surface area contributed by atoms with E-state index < -0.39 is 0 Å². The monoisotopic (exact) mass is 349 g/mol. The molecule has 0 bridgehead atoms. The Balaban J connectivity index is 1.57. The van der Waals surface area contributed by atoms with E-state index in [1.165, 1.54) is 12.8 Å². The van der Waals surface area contributed by atoms with Crippen molar-refractivity contribution in [2.75, 3.05) is 13.1 Å². The Morgan fingerprint density at radius 1 is 1.08 bits per heavy atom. The minimum Gasteiger partial charge on any atom is -0.351 e. The molecule has 0 aromatic carbocycles. The molecule has 25 heavy (non-hydrogen) atoms. The average Bonchev–Trinajstić information content (AvgIpc) is 3.16. The normalized spacial score (nSPS) is 31.8.